The van der Waals surface area contributed by atoms with Gasteiger partial charge in [-0.05, 0) is 103 Å². The van der Waals surface area contributed by atoms with Crippen LogP contribution in [0.5, 0.6) is 23.0 Å². The number of hydrogen-bond acceptors (Lipinski definition) is 9. The molecule has 9 nitrogen and oxygen atoms in total. The lowest BCUT2D eigenvalue weighted by atomic mass is 9.97. The molecule has 4 aromatic rings. The molecule has 0 radical (unpaired) electrons. The number of rotatable bonds is 12. The summed E-state index contributed by atoms with van der Waals surface area (Å²) in [5, 5.41) is 0.346. The van der Waals surface area contributed by atoms with Crippen molar-refractivity contribution in [2.24, 2.45) is 4.99 Å². The number of methoxy groups -OCH3 is 1. The number of hydrogen-bond donors (Lipinski definition) is 0. The van der Waals surface area contributed by atoms with Gasteiger partial charge in [-0.2, -0.15) is 0 Å². The molecule has 0 bridgehead atoms. The first-order chi connectivity index (χ1) is 22.3. The second-order valence-corrected chi connectivity index (χ2v) is 12.6. The van der Waals surface area contributed by atoms with E-state index in [1.165, 1.54) is 29.2 Å². The maximum atomic E-state index is 14.0. The van der Waals surface area contributed by atoms with E-state index in [1.807, 2.05) is 45.0 Å². The van der Waals surface area contributed by atoms with Gasteiger partial charge in [0.05, 0.1) is 48.1 Å². The topological polar surface area (TPSA) is 97.6 Å². The minimum atomic E-state index is -0.805. The molecule has 5 rings (SSSR count). The van der Waals surface area contributed by atoms with Gasteiger partial charge < -0.3 is 23.7 Å². The van der Waals surface area contributed by atoms with Crippen LogP contribution in [-0.4, -0.2) is 37.5 Å². The third kappa shape index (κ3) is 7.26. The van der Waals surface area contributed by atoms with Gasteiger partial charge in [0.1, 0.15) is 6.61 Å². The number of aromatic nitrogens is 1. The van der Waals surface area contributed by atoms with E-state index in [0.717, 1.165) is 9.13 Å². The van der Waals surface area contributed by atoms with Gasteiger partial charge in [-0.15, -0.1) is 0 Å². The van der Waals surface area contributed by atoms with Gasteiger partial charge in [-0.1, -0.05) is 41.1 Å². The Hall–Kier alpha value is -3.81. The second kappa shape index (κ2) is 15.2. The molecule has 0 saturated carbocycles. The highest BCUT2D eigenvalue weighted by molar-refractivity contribution is 14.1. The van der Waals surface area contributed by atoms with Crippen LogP contribution in [-0.2, 0) is 16.1 Å². The largest absolute Gasteiger partial charge is 0.490 e. The lowest BCUT2D eigenvalue weighted by Crippen LogP contribution is -2.39. The standard InChI is InChI=1S/C34H32ClIN2O7S/c1-5-42-26-13-10-22(17-27(26)43-6-2)30-24(33(40)41-4)18-37-34-38(30)32(39)29(46-34)16-21-14-25(35)31(28(15-21)44-7-3)45-19-20-8-11-23(36)12-9-20/h8-18,30H,5-7,19H2,1-4H3/b29-16-/t30-/m1/s1. The SMILES string of the molecule is CCOc1ccc([C@@H]2C(C(=O)OC)=CN=c3s/c(=C\c4cc(Cl)c(OCc5ccc(I)cc5)c(OCC)c4)c(=O)n32)cc1OCC. The maximum absolute atomic E-state index is 14.0. The van der Waals surface area contributed by atoms with Crippen molar-refractivity contribution >= 4 is 57.6 Å². The van der Waals surface area contributed by atoms with Crippen molar-refractivity contribution in [1.82, 2.24) is 4.57 Å². The lowest BCUT2D eigenvalue weighted by Gasteiger charge is -2.23. The van der Waals surface area contributed by atoms with Crippen molar-refractivity contribution in [3.8, 4) is 23.0 Å². The Morgan fingerprint density at radius 2 is 1.65 bits per heavy atom. The number of ether oxygens (including phenoxy) is 5. The van der Waals surface area contributed by atoms with E-state index in [4.69, 9.17) is 35.3 Å². The van der Waals surface area contributed by atoms with Crippen molar-refractivity contribution in [3.05, 3.63) is 111 Å². The molecule has 12 heteroatoms. The Morgan fingerprint density at radius 1 is 0.957 bits per heavy atom. The summed E-state index contributed by atoms with van der Waals surface area (Å²) >= 11 is 10.2. The Labute approximate surface area is 288 Å². The summed E-state index contributed by atoms with van der Waals surface area (Å²) in [5.74, 6) is 1.36. The number of fused-ring (bicyclic) bond motifs is 1. The van der Waals surface area contributed by atoms with E-state index in [1.54, 1.807) is 36.4 Å². The van der Waals surface area contributed by atoms with Crippen LogP contribution < -0.4 is 33.8 Å². The number of thiazole rings is 1. The van der Waals surface area contributed by atoms with Gasteiger partial charge in [-0.3, -0.25) is 9.36 Å². The normalized spacial score (nSPS) is 14.2. The highest BCUT2D eigenvalue weighted by Crippen LogP contribution is 2.38. The molecule has 0 spiro atoms. The number of halogens is 2. The third-order valence-corrected chi connectivity index (χ3v) is 8.93. The predicted molar refractivity (Wildman–Crippen MR) is 186 cm³/mol. The van der Waals surface area contributed by atoms with Crippen molar-refractivity contribution in [2.75, 3.05) is 26.9 Å². The molecule has 0 N–H and O–H groups in total. The molecule has 1 aliphatic heterocycles. The van der Waals surface area contributed by atoms with Gasteiger partial charge in [0.2, 0.25) is 0 Å². The number of carbonyl (C=O) groups is 1. The highest BCUT2D eigenvalue weighted by Gasteiger charge is 2.31. The minimum Gasteiger partial charge on any atom is -0.490 e. The van der Waals surface area contributed by atoms with Gasteiger partial charge in [0.15, 0.2) is 27.8 Å². The van der Waals surface area contributed by atoms with E-state index in [9.17, 15) is 9.59 Å². The molecule has 0 unspecified atom stereocenters. The molecular weight excluding hydrogens is 743 g/mol. The van der Waals surface area contributed by atoms with E-state index in [-0.39, 0.29) is 11.1 Å². The van der Waals surface area contributed by atoms with Gasteiger partial charge in [-0.25, -0.2) is 9.79 Å². The van der Waals surface area contributed by atoms with Crippen LogP contribution >= 0.6 is 45.5 Å². The highest BCUT2D eigenvalue weighted by atomic mass is 127. The maximum Gasteiger partial charge on any atom is 0.337 e. The van der Waals surface area contributed by atoms with Crippen LogP contribution in [0.3, 0.4) is 0 Å². The van der Waals surface area contributed by atoms with E-state index < -0.39 is 12.0 Å². The fourth-order valence-electron chi connectivity index (χ4n) is 4.95. The Bertz CT molecular complexity index is 1950. The fourth-order valence-corrected chi connectivity index (χ4v) is 6.55. The van der Waals surface area contributed by atoms with Gasteiger partial charge in [0, 0.05) is 9.77 Å². The summed E-state index contributed by atoms with van der Waals surface area (Å²) in [6.45, 7) is 7.20. The van der Waals surface area contributed by atoms with E-state index in [0.29, 0.717) is 74.9 Å². The van der Waals surface area contributed by atoms with Crippen molar-refractivity contribution in [1.29, 1.82) is 0 Å². The monoisotopic (exact) mass is 774 g/mol. The summed E-state index contributed by atoms with van der Waals surface area (Å²) < 4.78 is 31.6. The predicted octanol–water partition coefficient (Wildman–Crippen LogP) is 6.05. The minimum absolute atomic E-state index is 0.212. The third-order valence-electron chi connectivity index (χ3n) is 6.93. The summed E-state index contributed by atoms with van der Waals surface area (Å²) in [5.41, 5.74) is 2.16. The average molecular weight is 775 g/mol. The van der Waals surface area contributed by atoms with Crippen LogP contribution in [0.4, 0.5) is 0 Å². The molecule has 0 saturated heterocycles. The van der Waals surface area contributed by atoms with Crippen LogP contribution in [0, 0.1) is 3.57 Å². The Morgan fingerprint density at radius 3 is 2.35 bits per heavy atom. The van der Waals surface area contributed by atoms with Crippen LogP contribution in [0.15, 0.2) is 76.2 Å². The number of carbonyl (C=O) groups excluding carboxylic acids is 1. The molecule has 1 aromatic heterocycles. The number of benzene rings is 3. The zero-order valence-electron chi connectivity index (χ0n) is 25.7. The molecule has 0 amide bonds. The lowest BCUT2D eigenvalue weighted by molar-refractivity contribution is -0.136. The van der Waals surface area contributed by atoms with Crippen LogP contribution in [0.25, 0.3) is 6.08 Å². The zero-order chi connectivity index (χ0) is 32.8. The molecule has 240 valence electrons. The summed E-state index contributed by atoms with van der Waals surface area (Å²) in [6, 6.07) is 16.1. The smallest absolute Gasteiger partial charge is 0.337 e. The molecule has 46 heavy (non-hydrogen) atoms. The van der Waals surface area contributed by atoms with Crippen molar-refractivity contribution in [3.63, 3.8) is 0 Å². The molecule has 0 aliphatic carbocycles. The molecular formula is C34H32ClIN2O7S. The quantitative estimate of drug-likeness (QED) is 0.128. The molecule has 1 aliphatic rings. The van der Waals surface area contributed by atoms with E-state index >= 15 is 0 Å². The fraction of sp³-hybridized carbons (Fsp3) is 0.265. The number of nitrogens with zero attached hydrogens (tertiary/aromatic N) is 2. The summed E-state index contributed by atoms with van der Waals surface area (Å²) in [6.07, 6.45) is 3.18. The average Bonchev–Trinajstić information content (AvgIpc) is 3.36. The van der Waals surface area contributed by atoms with E-state index in [2.05, 4.69) is 27.6 Å². The first kappa shape index (κ1) is 33.6. The van der Waals surface area contributed by atoms with Gasteiger partial charge >= 0.3 is 5.97 Å². The first-order valence-corrected chi connectivity index (χ1v) is 16.9. The van der Waals surface area contributed by atoms with Gasteiger partial charge in [0.25, 0.3) is 5.56 Å². The summed E-state index contributed by atoms with van der Waals surface area (Å²) in [7, 11) is 1.29. The Balaban J connectivity index is 1.57. The zero-order valence-corrected chi connectivity index (χ0v) is 29.4. The number of esters is 1. The van der Waals surface area contributed by atoms with Crippen LogP contribution in [0.1, 0.15) is 43.5 Å². The molecule has 0 fully saturated rings. The van der Waals surface area contributed by atoms with Crippen LogP contribution in [0.2, 0.25) is 5.02 Å². The van der Waals surface area contributed by atoms with Crippen molar-refractivity contribution in [2.45, 2.75) is 33.4 Å². The Kier molecular flexibility index (Phi) is 11.1. The molecule has 3 aromatic carbocycles. The summed E-state index contributed by atoms with van der Waals surface area (Å²) in [4.78, 5) is 31.8. The van der Waals surface area contributed by atoms with Crippen molar-refractivity contribution < 1.29 is 28.5 Å². The second-order valence-electron chi connectivity index (χ2n) is 9.93. The molecule has 2 heterocycles. The molecule has 1 atom stereocenters. The first-order valence-electron chi connectivity index (χ1n) is 14.6.